The normalized spacial score (nSPS) is 9.44. The molecule has 0 fully saturated rings. The second-order valence-corrected chi connectivity index (χ2v) is 3.81. The number of nitrogens with zero attached hydrogens (tertiary/aromatic N) is 1. The largest absolute Gasteiger partial charge is 0.481 e. The molecule has 0 heterocycles. The molecule has 0 atom stereocenters. The molecule has 0 spiro atoms. The Labute approximate surface area is 106 Å². The Morgan fingerprint density at radius 1 is 1.00 bits per heavy atom. The van der Waals surface area contributed by atoms with Gasteiger partial charge in [-0.15, -0.1) is 0 Å². The minimum absolute atomic E-state index is 0.0270. The first-order valence-electron chi connectivity index (χ1n) is 5.62. The number of urea groups is 2. The fourth-order valence-electron chi connectivity index (χ4n) is 1.01. The molecule has 0 aromatic carbocycles. The molecule has 18 heavy (non-hydrogen) atoms. The summed E-state index contributed by atoms with van der Waals surface area (Å²) in [5.41, 5.74) is 0. The number of hydrogen-bond acceptors (Lipinski definition) is 3. The molecule has 8 nitrogen and oxygen atoms in total. The Morgan fingerprint density at radius 2 is 1.56 bits per heavy atom. The number of carboxylic acid groups (broad SMARTS) is 1. The lowest BCUT2D eigenvalue weighted by molar-refractivity contribution is -0.137. The van der Waals surface area contributed by atoms with Crippen LogP contribution in [0, 0.1) is 0 Å². The molecule has 0 saturated heterocycles. The summed E-state index contributed by atoms with van der Waals surface area (Å²) in [6, 6.07) is -0.599. The highest BCUT2D eigenvalue weighted by Crippen LogP contribution is 1.85. The minimum Gasteiger partial charge on any atom is -0.481 e. The van der Waals surface area contributed by atoms with Gasteiger partial charge in [0.15, 0.2) is 0 Å². The third-order valence-corrected chi connectivity index (χ3v) is 1.95. The van der Waals surface area contributed by atoms with Crippen molar-refractivity contribution in [2.45, 2.75) is 12.8 Å². The van der Waals surface area contributed by atoms with Gasteiger partial charge < -0.3 is 26.0 Å². The van der Waals surface area contributed by atoms with Gasteiger partial charge in [-0.1, -0.05) is 0 Å². The van der Waals surface area contributed by atoms with Crippen LogP contribution in [0.3, 0.4) is 0 Å². The third kappa shape index (κ3) is 9.25. The second-order valence-electron chi connectivity index (χ2n) is 3.81. The lowest BCUT2D eigenvalue weighted by atomic mass is 10.3. The van der Waals surface area contributed by atoms with E-state index in [9.17, 15) is 14.4 Å². The van der Waals surface area contributed by atoms with Crippen LogP contribution in [0.5, 0.6) is 0 Å². The van der Waals surface area contributed by atoms with Crippen molar-refractivity contribution in [3.63, 3.8) is 0 Å². The highest BCUT2D eigenvalue weighted by Gasteiger charge is 2.03. The van der Waals surface area contributed by atoms with Crippen molar-refractivity contribution >= 4 is 18.0 Å². The van der Waals surface area contributed by atoms with E-state index in [2.05, 4.69) is 16.0 Å². The number of rotatable bonds is 7. The van der Waals surface area contributed by atoms with E-state index in [0.717, 1.165) is 0 Å². The van der Waals surface area contributed by atoms with E-state index in [1.54, 1.807) is 14.1 Å². The number of nitrogens with one attached hydrogen (secondary N) is 3. The molecular formula is C10H20N4O4. The molecule has 0 aliphatic rings. The number of amides is 4. The molecule has 0 rings (SSSR count). The van der Waals surface area contributed by atoms with Crippen molar-refractivity contribution in [1.82, 2.24) is 20.9 Å². The fourth-order valence-corrected chi connectivity index (χ4v) is 1.01. The standard InChI is InChI=1S/C10H20N4O4/c1-14(2)10(18)13-7-6-12-9(17)11-5-3-4-8(15)16/h3-7H2,1-2H3,(H,13,18)(H,15,16)(H2,11,12,17). The highest BCUT2D eigenvalue weighted by molar-refractivity contribution is 5.75. The van der Waals surface area contributed by atoms with Crippen molar-refractivity contribution in [2.24, 2.45) is 0 Å². The van der Waals surface area contributed by atoms with E-state index >= 15 is 0 Å². The quantitative estimate of drug-likeness (QED) is 0.459. The Kier molecular flexibility index (Phi) is 8.08. The van der Waals surface area contributed by atoms with E-state index in [4.69, 9.17) is 5.11 Å². The summed E-state index contributed by atoms with van der Waals surface area (Å²) in [6.45, 7) is 0.950. The smallest absolute Gasteiger partial charge is 0.316 e. The molecule has 0 bridgehead atoms. The first kappa shape index (κ1) is 16.0. The molecule has 104 valence electrons. The third-order valence-electron chi connectivity index (χ3n) is 1.95. The molecule has 0 unspecified atom stereocenters. The number of carboxylic acids is 1. The van der Waals surface area contributed by atoms with Crippen LogP contribution in [0.25, 0.3) is 0 Å². The van der Waals surface area contributed by atoms with Crippen LogP contribution >= 0.6 is 0 Å². The van der Waals surface area contributed by atoms with Crippen LogP contribution < -0.4 is 16.0 Å². The van der Waals surface area contributed by atoms with Gasteiger partial charge in [-0.05, 0) is 6.42 Å². The maximum atomic E-state index is 11.2. The van der Waals surface area contributed by atoms with E-state index in [-0.39, 0.29) is 18.5 Å². The van der Waals surface area contributed by atoms with Gasteiger partial charge in [-0.25, -0.2) is 9.59 Å². The maximum absolute atomic E-state index is 11.2. The second kappa shape index (κ2) is 9.08. The zero-order chi connectivity index (χ0) is 14.0. The van der Waals surface area contributed by atoms with Crippen LogP contribution in [-0.4, -0.2) is 61.8 Å². The Bertz CT molecular complexity index is 294. The number of hydrogen-bond donors (Lipinski definition) is 4. The molecular weight excluding hydrogens is 240 g/mol. The van der Waals surface area contributed by atoms with Crippen LogP contribution in [0.15, 0.2) is 0 Å². The van der Waals surface area contributed by atoms with Gasteiger partial charge in [-0.2, -0.15) is 0 Å². The molecule has 8 heteroatoms. The Morgan fingerprint density at radius 3 is 2.11 bits per heavy atom. The van der Waals surface area contributed by atoms with Gasteiger partial charge >= 0.3 is 18.0 Å². The average Bonchev–Trinajstić information content (AvgIpc) is 2.29. The first-order valence-corrected chi connectivity index (χ1v) is 5.62. The van der Waals surface area contributed by atoms with Gasteiger partial charge in [0.05, 0.1) is 0 Å². The molecule has 4 amide bonds. The van der Waals surface area contributed by atoms with Gasteiger partial charge in [0.2, 0.25) is 0 Å². The Balaban J connectivity index is 3.43. The minimum atomic E-state index is -0.886. The van der Waals surface area contributed by atoms with Crippen LogP contribution in [0.1, 0.15) is 12.8 Å². The summed E-state index contributed by atoms with van der Waals surface area (Å²) in [6.07, 6.45) is 0.416. The summed E-state index contributed by atoms with van der Waals surface area (Å²) >= 11 is 0. The van der Waals surface area contributed by atoms with Crippen molar-refractivity contribution in [3.05, 3.63) is 0 Å². The van der Waals surface area contributed by atoms with E-state index in [1.165, 1.54) is 4.90 Å². The topological polar surface area (TPSA) is 111 Å². The number of carbonyl (C=O) groups is 3. The van der Waals surface area contributed by atoms with Crippen molar-refractivity contribution in [3.8, 4) is 0 Å². The van der Waals surface area contributed by atoms with E-state index in [0.29, 0.717) is 26.1 Å². The predicted molar refractivity (Wildman–Crippen MR) is 65.4 cm³/mol. The number of aliphatic carboxylic acids is 1. The zero-order valence-electron chi connectivity index (χ0n) is 10.7. The Hall–Kier alpha value is -1.99. The first-order chi connectivity index (χ1) is 8.43. The predicted octanol–water partition coefficient (Wildman–Crippen LogP) is -0.578. The van der Waals surface area contributed by atoms with Crippen molar-refractivity contribution in [2.75, 3.05) is 33.7 Å². The molecule has 0 aliphatic heterocycles. The summed E-state index contributed by atoms with van der Waals surface area (Å²) < 4.78 is 0. The highest BCUT2D eigenvalue weighted by atomic mass is 16.4. The fraction of sp³-hybridized carbons (Fsp3) is 0.700. The summed E-state index contributed by atoms with van der Waals surface area (Å²) in [4.78, 5) is 33.9. The molecule has 4 N–H and O–H groups in total. The molecule has 0 aromatic heterocycles. The van der Waals surface area contributed by atoms with Gasteiger partial charge in [-0.3, -0.25) is 4.79 Å². The van der Waals surface area contributed by atoms with Gasteiger partial charge in [0.25, 0.3) is 0 Å². The van der Waals surface area contributed by atoms with E-state index in [1.807, 2.05) is 0 Å². The van der Waals surface area contributed by atoms with Crippen molar-refractivity contribution in [1.29, 1.82) is 0 Å². The summed E-state index contributed by atoms with van der Waals surface area (Å²) in [7, 11) is 3.25. The van der Waals surface area contributed by atoms with E-state index < -0.39 is 5.97 Å². The monoisotopic (exact) mass is 260 g/mol. The van der Waals surface area contributed by atoms with Crippen LogP contribution in [0.2, 0.25) is 0 Å². The van der Waals surface area contributed by atoms with Gasteiger partial charge in [0.1, 0.15) is 0 Å². The lowest BCUT2D eigenvalue weighted by Crippen LogP contribution is -2.42. The summed E-state index contributed by atoms with van der Waals surface area (Å²) in [5, 5.41) is 16.0. The van der Waals surface area contributed by atoms with Crippen LogP contribution in [0.4, 0.5) is 9.59 Å². The zero-order valence-corrected chi connectivity index (χ0v) is 10.7. The molecule has 0 radical (unpaired) electrons. The SMILES string of the molecule is CN(C)C(=O)NCCNC(=O)NCCCC(=O)O. The van der Waals surface area contributed by atoms with Crippen LogP contribution in [-0.2, 0) is 4.79 Å². The molecule has 0 aliphatic carbocycles. The average molecular weight is 260 g/mol. The molecule has 0 aromatic rings. The maximum Gasteiger partial charge on any atom is 0.316 e. The van der Waals surface area contributed by atoms with Crippen molar-refractivity contribution < 1.29 is 19.5 Å². The molecule has 0 saturated carbocycles. The number of carbonyl (C=O) groups excluding carboxylic acids is 2. The summed E-state index contributed by atoms with van der Waals surface area (Å²) in [5.74, 6) is -0.886. The lowest BCUT2D eigenvalue weighted by Gasteiger charge is -2.12. The van der Waals surface area contributed by atoms with Gasteiger partial charge in [0, 0.05) is 40.2 Å².